The standard InChI is InChI=1S/C14H17FN2O2/c1-16-13-11(3-2-4-12(13)15)14(18)17-7-9-5-6-10(8-17)19-9/h2-4,9-10,16H,5-8H2,1H3. The lowest BCUT2D eigenvalue weighted by Crippen LogP contribution is -2.46. The van der Waals surface area contributed by atoms with Gasteiger partial charge in [0.05, 0.1) is 23.5 Å². The van der Waals surface area contributed by atoms with Gasteiger partial charge in [0.25, 0.3) is 5.91 Å². The van der Waals surface area contributed by atoms with E-state index >= 15 is 0 Å². The van der Waals surface area contributed by atoms with Gasteiger partial charge >= 0.3 is 0 Å². The van der Waals surface area contributed by atoms with Gasteiger partial charge in [-0.15, -0.1) is 0 Å². The summed E-state index contributed by atoms with van der Waals surface area (Å²) in [6, 6.07) is 4.58. The molecule has 5 heteroatoms. The zero-order chi connectivity index (χ0) is 13.4. The molecule has 2 fully saturated rings. The molecule has 19 heavy (non-hydrogen) atoms. The minimum absolute atomic E-state index is 0.121. The smallest absolute Gasteiger partial charge is 0.256 e. The Balaban J connectivity index is 1.86. The summed E-state index contributed by atoms with van der Waals surface area (Å²) in [5.41, 5.74) is 0.662. The molecule has 2 heterocycles. The Kier molecular flexibility index (Phi) is 3.14. The fourth-order valence-corrected chi connectivity index (χ4v) is 2.91. The monoisotopic (exact) mass is 264 g/mol. The van der Waals surface area contributed by atoms with Crippen LogP contribution in [0, 0.1) is 5.82 Å². The molecule has 2 aliphatic rings. The lowest BCUT2D eigenvalue weighted by atomic mass is 10.1. The fraction of sp³-hybridized carbons (Fsp3) is 0.500. The maximum absolute atomic E-state index is 13.7. The molecule has 0 aliphatic carbocycles. The summed E-state index contributed by atoms with van der Waals surface area (Å²) < 4.78 is 19.4. The molecule has 1 aromatic carbocycles. The maximum atomic E-state index is 13.7. The molecule has 1 amide bonds. The van der Waals surface area contributed by atoms with Crippen LogP contribution in [0.3, 0.4) is 0 Å². The molecule has 4 nitrogen and oxygen atoms in total. The Morgan fingerprint density at radius 1 is 1.37 bits per heavy atom. The molecule has 1 N–H and O–H groups in total. The van der Waals surface area contributed by atoms with Crippen molar-refractivity contribution in [2.75, 3.05) is 25.5 Å². The zero-order valence-electron chi connectivity index (χ0n) is 10.9. The summed E-state index contributed by atoms with van der Waals surface area (Å²) in [5, 5.41) is 2.77. The van der Waals surface area contributed by atoms with Gasteiger partial charge in [-0.2, -0.15) is 0 Å². The third-order valence-electron chi connectivity index (χ3n) is 3.82. The van der Waals surface area contributed by atoms with E-state index in [9.17, 15) is 9.18 Å². The minimum atomic E-state index is -0.399. The molecule has 0 spiro atoms. The Morgan fingerprint density at radius 3 is 2.68 bits per heavy atom. The summed E-state index contributed by atoms with van der Waals surface area (Å²) >= 11 is 0. The predicted molar refractivity (Wildman–Crippen MR) is 69.7 cm³/mol. The Bertz CT molecular complexity index is 494. The van der Waals surface area contributed by atoms with Crippen LogP contribution in [-0.4, -0.2) is 43.2 Å². The molecule has 2 unspecified atom stereocenters. The molecule has 2 aliphatic heterocycles. The van der Waals surface area contributed by atoms with E-state index in [1.807, 2.05) is 0 Å². The van der Waals surface area contributed by atoms with E-state index in [0.717, 1.165) is 12.8 Å². The van der Waals surface area contributed by atoms with Crippen molar-refractivity contribution in [2.24, 2.45) is 0 Å². The number of nitrogens with zero attached hydrogens (tertiary/aromatic N) is 1. The largest absolute Gasteiger partial charge is 0.385 e. The van der Waals surface area contributed by atoms with Crippen molar-refractivity contribution in [2.45, 2.75) is 25.0 Å². The molecule has 2 saturated heterocycles. The number of hydrogen-bond donors (Lipinski definition) is 1. The van der Waals surface area contributed by atoms with E-state index in [2.05, 4.69) is 5.32 Å². The van der Waals surface area contributed by atoms with Gasteiger partial charge in [0.15, 0.2) is 0 Å². The molecule has 0 aromatic heterocycles. The number of carbonyl (C=O) groups is 1. The van der Waals surface area contributed by atoms with Crippen LogP contribution in [-0.2, 0) is 4.74 Å². The summed E-state index contributed by atoms with van der Waals surface area (Å²) in [5.74, 6) is -0.520. The number of benzene rings is 1. The Hall–Kier alpha value is -1.62. The second-order valence-corrected chi connectivity index (χ2v) is 5.08. The second-order valence-electron chi connectivity index (χ2n) is 5.08. The highest BCUT2D eigenvalue weighted by Gasteiger charge is 2.36. The van der Waals surface area contributed by atoms with Crippen LogP contribution in [0.25, 0.3) is 0 Å². The van der Waals surface area contributed by atoms with Crippen LogP contribution in [0.5, 0.6) is 0 Å². The summed E-state index contributed by atoms with van der Waals surface area (Å²) in [7, 11) is 1.62. The van der Waals surface area contributed by atoms with Gasteiger partial charge in [-0.25, -0.2) is 4.39 Å². The van der Waals surface area contributed by atoms with Crippen molar-refractivity contribution in [1.29, 1.82) is 0 Å². The molecule has 0 saturated carbocycles. The third-order valence-corrected chi connectivity index (χ3v) is 3.82. The van der Waals surface area contributed by atoms with Crippen molar-refractivity contribution in [3.63, 3.8) is 0 Å². The van der Waals surface area contributed by atoms with Crippen molar-refractivity contribution < 1.29 is 13.9 Å². The lowest BCUT2D eigenvalue weighted by molar-refractivity contribution is -0.0303. The SMILES string of the molecule is CNc1c(F)cccc1C(=O)N1CC2CCC(C1)O2. The average molecular weight is 264 g/mol. The molecule has 0 radical (unpaired) electrons. The van der Waals surface area contributed by atoms with E-state index in [0.29, 0.717) is 18.7 Å². The van der Waals surface area contributed by atoms with Gasteiger partial charge < -0.3 is 15.0 Å². The first-order chi connectivity index (χ1) is 9.19. The number of hydrogen-bond acceptors (Lipinski definition) is 3. The lowest BCUT2D eigenvalue weighted by Gasteiger charge is -2.32. The van der Waals surface area contributed by atoms with Crippen LogP contribution in [0.2, 0.25) is 0 Å². The topological polar surface area (TPSA) is 41.6 Å². The number of morpholine rings is 1. The first kappa shape index (κ1) is 12.4. The summed E-state index contributed by atoms with van der Waals surface area (Å²) in [4.78, 5) is 14.3. The molecule has 102 valence electrons. The van der Waals surface area contributed by atoms with E-state index in [1.54, 1.807) is 24.1 Å². The number of halogens is 1. The van der Waals surface area contributed by atoms with Crippen LogP contribution >= 0.6 is 0 Å². The Morgan fingerprint density at radius 2 is 2.05 bits per heavy atom. The van der Waals surface area contributed by atoms with Crippen LogP contribution < -0.4 is 5.32 Å². The average Bonchev–Trinajstić information content (AvgIpc) is 2.76. The number of para-hydroxylation sites is 1. The molecule has 2 bridgehead atoms. The Labute approximate surface area is 111 Å². The number of rotatable bonds is 2. The van der Waals surface area contributed by atoms with Crippen LogP contribution in [0.1, 0.15) is 23.2 Å². The number of anilines is 1. The van der Waals surface area contributed by atoms with Crippen molar-refractivity contribution in [1.82, 2.24) is 4.90 Å². The highest BCUT2D eigenvalue weighted by Crippen LogP contribution is 2.28. The number of amides is 1. The van der Waals surface area contributed by atoms with Gasteiger partial charge in [-0.05, 0) is 25.0 Å². The predicted octanol–water partition coefficient (Wildman–Crippen LogP) is 1.87. The van der Waals surface area contributed by atoms with Gasteiger partial charge in [-0.1, -0.05) is 6.07 Å². The number of nitrogens with one attached hydrogen (secondary N) is 1. The van der Waals surface area contributed by atoms with Crippen molar-refractivity contribution in [3.8, 4) is 0 Å². The van der Waals surface area contributed by atoms with Crippen LogP contribution in [0.4, 0.5) is 10.1 Å². The quantitative estimate of drug-likeness (QED) is 0.886. The summed E-state index contributed by atoms with van der Waals surface area (Å²) in [6.45, 7) is 1.21. The number of fused-ring (bicyclic) bond motifs is 2. The molecule has 2 atom stereocenters. The molecular weight excluding hydrogens is 247 g/mol. The first-order valence-electron chi connectivity index (χ1n) is 6.60. The van der Waals surface area contributed by atoms with Gasteiger partial charge in [0, 0.05) is 20.1 Å². The molecular formula is C14H17FN2O2. The van der Waals surface area contributed by atoms with Gasteiger partial charge in [0.2, 0.25) is 0 Å². The zero-order valence-corrected chi connectivity index (χ0v) is 10.9. The minimum Gasteiger partial charge on any atom is -0.385 e. The summed E-state index contributed by atoms with van der Waals surface area (Å²) in [6.07, 6.45) is 2.32. The highest BCUT2D eigenvalue weighted by atomic mass is 19.1. The highest BCUT2D eigenvalue weighted by molar-refractivity contribution is 5.99. The number of carbonyl (C=O) groups excluding carboxylic acids is 1. The first-order valence-corrected chi connectivity index (χ1v) is 6.60. The van der Waals surface area contributed by atoms with E-state index in [1.165, 1.54) is 6.07 Å². The number of ether oxygens (including phenoxy) is 1. The fourth-order valence-electron chi connectivity index (χ4n) is 2.91. The van der Waals surface area contributed by atoms with Gasteiger partial charge in [0.1, 0.15) is 5.82 Å². The normalized spacial score (nSPS) is 25.5. The van der Waals surface area contributed by atoms with E-state index in [-0.39, 0.29) is 23.8 Å². The van der Waals surface area contributed by atoms with E-state index < -0.39 is 5.82 Å². The third kappa shape index (κ3) is 2.18. The van der Waals surface area contributed by atoms with Crippen molar-refractivity contribution in [3.05, 3.63) is 29.6 Å². The number of likely N-dealkylation sites (tertiary alicyclic amines) is 1. The van der Waals surface area contributed by atoms with Crippen LogP contribution in [0.15, 0.2) is 18.2 Å². The molecule has 1 aromatic rings. The van der Waals surface area contributed by atoms with Crippen molar-refractivity contribution >= 4 is 11.6 Å². The maximum Gasteiger partial charge on any atom is 0.256 e. The molecule has 3 rings (SSSR count). The second kappa shape index (κ2) is 4.81. The van der Waals surface area contributed by atoms with Gasteiger partial charge in [-0.3, -0.25) is 4.79 Å². The van der Waals surface area contributed by atoms with E-state index in [4.69, 9.17) is 4.74 Å².